The van der Waals surface area contributed by atoms with E-state index in [9.17, 15) is 0 Å². The highest BCUT2D eigenvalue weighted by molar-refractivity contribution is 5.58. The number of rotatable bonds is 1. The molecule has 1 nitrogen and oxygen atoms in total. The predicted molar refractivity (Wildman–Crippen MR) is 72.0 cm³/mol. The van der Waals surface area contributed by atoms with Crippen molar-refractivity contribution >= 4 is 0 Å². The first-order valence-electron chi connectivity index (χ1n) is 5.69. The highest BCUT2D eigenvalue weighted by Crippen LogP contribution is 2.14. The molecule has 2 rings (SSSR count). The maximum absolute atomic E-state index is 4.61. The second kappa shape index (κ2) is 5.80. The Labute approximate surface area is 102 Å². The zero-order chi connectivity index (χ0) is 11.9. The minimum absolute atomic E-state index is 0.985. The van der Waals surface area contributed by atoms with Crippen LogP contribution < -0.4 is 0 Å². The molecule has 0 aliphatic rings. The molecule has 84 valence electrons. The summed E-state index contributed by atoms with van der Waals surface area (Å²) in [5, 5.41) is 0. The van der Waals surface area contributed by atoms with Gasteiger partial charge in [-0.05, 0) is 19.1 Å². The molecule has 17 heavy (non-hydrogen) atoms. The molecule has 0 radical (unpaired) electrons. The Kier molecular flexibility index (Phi) is 3.87. The maximum atomic E-state index is 4.61. The van der Waals surface area contributed by atoms with E-state index in [0.717, 1.165) is 17.0 Å². The molecule has 0 aliphatic carbocycles. The Morgan fingerprint density at radius 3 is 1.94 bits per heavy atom. The van der Waals surface area contributed by atoms with E-state index < -0.39 is 0 Å². The number of hydrogen-bond donors (Lipinski definition) is 0. The van der Waals surface area contributed by atoms with Crippen LogP contribution in [0, 0.1) is 6.92 Å². The Hall–Kier alpha value is -2.15. The molecular weight excluding hydrogens is 206 g/mol. The fourth-order valence-corrected chi connectivity index (χ4v) is 1.57. The molecule has 0 spiro atoms. The zero-order valence-corrected chi connectivity index (χ0v) is 9.88. The molecule has 1 heterocycles. The van der Waals surface area contributed by atoms with Gasteiger partial charge in [0.15, 0.2) is 0 Å². The molecule has 0 atom stereocenters. The fraction of sp³-hybridized carbons (Fsp3) is 0.0625. The van der Waals surface area contributed by atoms with Gasteiger partial charge in [-0.2, -0.15) is 0 Å². The van der Waals surface area contributed by atoms with Crippen LogP contribution in [-0.2, 0) is 0 Å². The molecule has 0 saturated heterocycles. The van der Waals surface area contributed by atoms with Gasteiger partial charge in [0.05, 0.1) is 5.69 Å². The van der Waals surface area contributed by atoms with Crippen LogP contribution in [0.3, 0.4) is 0 Å². The standard InChI is InChI=1S/C16H15N/c1-14-10-6-3-2-4-9-13-16(17-14)15-11-7-5-8-12-15/h2-13H,1H3. The summed E-state index contributed by atoms with van der Waals surface area (Å²) in [6.07, 6.45) is 0. The lowest BCUT2D eigenvalue weighted by molar-refractivity contribution is 1.22. The third kappa shape index (κ3) is 3.42. The van der Waals surface area contributed by atoms with Crippen molar-refractivity contribution in [1.29, 1.82) is 0 Å². The second-order valence-electron chi connectivity index (χ2n) is 3.80. The summed E-state index contributed by atoms with van der Waals surface area (Å²) in [5.74, 6) is 0. The van der Waals surface area contributed by atoms with Gasteiger partial charge in [0.25, 0.3) is 0 Å². The van der Waals surface area contributed by atoms with E-state index >= 15 is 0 Å². The number of hydrogen-bond acceptors (Lipinski definition) is 1. The highest BCUT2D eigenvalue weighted by Gasteiger charge is 1.94. The maximum Gasteiger partial charge on any atom is 0.0705 e. The van der Waals surface area contributed by atoms with Crippen LogP contribution in [0.15, 0.2) is 72.8 Å². The minimum atomic E-state index is 0.985. The quantitative estimate of drug-likeness (QED) is 0.704. The highest BCUT2D eigenvalue weighted by atomic mass is 14.7. The van der Waals surface area contributed by atoms with Crippen LogP contribution in [0.5, 0.6) is 0 Å². The molecule has 0 saturated carbocycles. The molecule has 0 amide bonds. The van der Waals surface area contributed by atoms with E-state index in [4.69, 9.17) is 0 Å². The lowest BCUT2D eigenvalue weighted by atomic mass is 10.1. The second-order valence-corrected chi connectivity index (χ2v) is 3.80. The van der Waals surface area contributed by atoms with Gasteiger partial charge in [0.1, 0.15) is 0 Å². The van der Waals surface area contributed by atoms with Gasteiger partial charge in [-0.25, -0.2) is 0 Å². The van der Waals surface area contributed by atoms with E-state index in [-0.39, 0.29) is 0 Å². The van der Waals surface area contributed by atoms with Crippen molar-refractivity contribution < 1.29 is 0 Å². The van der Waals surface area contributed by atoms with Crippen LogP contribution in [-0.4, -0.2) is 4.98 Å². The largest absolute Gasteiger partial charge is 0.253 e. The van der Waals surface area contributed by atoms with E-state index in [0.29, 0.717) is 0 Å². The first-order valence-corrected chi connectivity index (χ1v) is 5.69. The van der Waals surface area contributed by atoms with Crippen molar-refractivity contribution in [3.8, 4) is 11.3 Å². The third-order valence-electron chi connectivity index (χ3n) is 2.40. The lowest BCUT2D eigenvalue weighted by Crippen LogP contribution is -1.82. The summed E-state index contributed by atoms with van der Waals surface area (Å²) in [5.41, 5.74) is 3.12. The summed E-state index contributed by atoms with van der Waals surface area (Å²) in [6.45, 7) is 2.01. The normalized spacial score (nSPS) is 9.47. The van der Waals surface area contributed by atoms with Crippen LogP contribution >= 0.6 is 0 Å². The van der Waals surface area contributed by atoms with Crippen LogP contribution in [0.25, 0.3) is 11.3 Å². The van der Waals surface area contributed by atoms with Gasteiger partial charge in [-0.1, -0.05) is 60.7 Å². The average Bonchev–Trinajstić information content (AvgIpc) is 2.38. The van der Waals surface area contributed by atoms with E-state index in [1.807, 2.05) is 67.6 Å². The molecule has 0 fully saturated rings. The van der Waals surface area contributed by atoms with Crippen molar-refractivity contribution in [2.24, 2.45) is 0 Å². The molecule has 0 aliphatic heterocycles. The monoisotopic (exact) mass is 221 g/mol. The SMILES string of the molecule is Cc1cccccccc(-c2ccccc2)n1. The Morgan fingerprint density at radius 2 is 1.18 bits per heavy atom. The lowest BCUT2D eigenvalue weighted by Gasteiger charge is -1.98. The number of aryl methyl sites for hydroxylation is 1. The van der Waals surface area contributed by atoms with Crippen LogP contribution in [0.1, 0.15) is 5.69 Å². The summed E-state index contributed by atoms with van der Waals surface area (Å²) in [7, 11) is 0. The molecule has 0 N–H and O–H groups in total. The van der Waals surface area contributed by atoms with Gasteiger partial charge in [0.2, 0.25) is 0 Å². The predicted octanol–water partition coefficient (Wildman–Crippen LogP) is 4.18. The Morgan fingerprint density at radius 1 is 0.647 bits per heavy atom. The van der Waals surface area contributed by atoms with Crippen molar-refractivity contribution in [3.63, 3.8) is 0 Å². The summed E-state index contributed by atoms with van der Waals surface area (Å²) in [4.78, 5) is 4.61. The Bertz CT molecular complexity index is 531. The van der Waals surface area contributed by atoms with E-state index in [1.165, 1.54) is 0 Å². The average molecular weight is 221 g/mol. The number of aromatic nitrogens is 1. The van der Waals surface area contributed by atoms with Crippen LogP contribution in [0.4, 0.5) is 0 Å². The molecule has 1 aromatic heterocycles. The van der Waals surface area contributed by atoms with Gasteiger partial charge >= 0.3 is 0 Å². The third-order valence-corrected chi connectivity index (χ3v) is 2.40. The van der Waals surface area contributed by atoms with Gasteiger partial charge in [-0.3, -0.25) is 4.98 Å². The summed E-state index contributed by atoms with van der Waals surface area (Å²) >= 11 is 0. The summed E-state index contributed by atoms with van der Waals surface area (Å²) < 4.78 is 0. The van der Waals surface area contributed by atoms with E-state index in [2.05, 4.69) is 17.1 Å². The van der Waals surface area contributed by atoms with Gasteiger partial charge in [0, 0.05) is 11.3 Å². The van der Waals surface area contributed by atoms with E-state index in [1.54, 1.807) is 0 Å². The van der Waals surface area contributed by atoms with Gasteiger partial charge in [-0.15, -0.1) is 0 Å². The van der Waals surface area contributed by atoms with Crippen molar-refractivity contribution in [1.82, 2.24) is 4.98 Å². The molecule has 0 unspecified atom stereocenters. The molecular formula is C16H15N. The van der Waals surface area contributed by atoms with Crippen molar-refractivity contribution in [3.05, 3.63) is 78.5 Å². The zero-order valence-electron chi connectivity index (χ0n) is 9.88. The van der Waals surface area contributed by atoms with Crippen LogP contribution in [0.2, 0.25) is 0 Å². The van der Waals surface area contributed by atoms with Gasteiger partial charge < -0.3 is 0 Å². The summed E-state index contributed by atoms with van der Waals surface area (Å²) in [6, 6.07) is 24.3. The number of nitrogens with zero attached hydrogens (tertiary/aromatic N) is 1. The smallest absolute Gasteiger partial charge is 0.0705 e. The molecule has 1 aromatic carbocycles. The fourth-order valence-electron chi connectivity index (χ4n) is 1.57. The topological polar surface area (TPSA) is 12.9 Å². The first kappa shape index (κ1) is 11.3. The number of benzene rings is 1. The minimum Gasteiger partial charge on any atom is -0.253 e. The molecule has 0 bridgehead atoms. The first-order chi connectivity index (χ1) is 8.36. The molecule has 2 aromatic rings. The van der Waals surface area contributed by atoms with Crippen molar-refractivity contribution in [2.45, 2.75) is 6.92 Å². The molecule has 1 heteroatoms. The van der Waals surface area contributed by atoms with Crippen molar-refractivity contribution in [2.75, 3.05) is 0 Å². The Balaban J connectivity index is 2.58.